The van der Waals surface area contributed by atoms with Crippen LogP contribution < -0.4 is 0 Å². The highest BCUT2D eigenvalue weighted by Crippen LogP contribution is 2.26. The van der Waals surface area contributed by atoms with E-state index in [0.29, 0.717) is 10.6 Å². The molecule has 2 atom stereocenters. The summed E-state index contributed by atoms with van der Waals surface area (Å²) < 4.78 is 21.4. The standard InChI is InChI=1S/C9H10BrClO3S/c1-15(13,14)9(10)8(12)6-2-4-7(11)5-3-6/h2-5,8-9,12H,1H3/t8-,9+/m0/s1. The van der Waals surface area contributed by atoms with E-state index in [4.69, 9.17) is 11.6 Å². The van der Waals surface area contributed by atoms with Gasteiger partial charge in [0, 0.05) is 11.3 Å². The zero-order valence-corrected chi connectivity index (χ0v) is 11.1. The zero-order chi connectivity index (χ0) is 11.6. The molecule has 0 fully saturated rings. The normalized spacial score (nSPS) is 16.0. The van der Waals surface area contributed by atoms with Crippen LogP contribution in [0.3, 0.4) is 0 Å². The lowest BCUT2D eigenvalue weighted by Crippen LogP contribution is -2.21. The molecule has 6 heteroatoms. The summed E-state index contributed by atoms with van der Waals surface area (Å²) >= 11 is 8.62. The van der Waals surface area contributed by atoms with Crippen molar-refractivity contribution in [3.63, 3.8) is 0 Å². The molecule has 0 aromatic heterocycles. The molecule has 15 heavy (non-hydrogen) atoms. The molecule has 0 unspecified atom stereocenters. The highest BCUT2D eigenvalue weighted by Gasteiger charge is 2.27. The average Bonchev–Trinajstić information content (AvgIpc) is 2.15. The number of hydrogen-bond acceptors (Lipinski definition) is 3. The van der Waals surface area contributed by atoms with E-state index in [2.05, 4.69) is 15.9 Å². The Kier molecular flexibility index (Phi) is 4.17. The van der Waals surface area contributed by atoms with E-state index in [1.807, 2.05) is 0 Å². The summed E-state index contributed by atoms with van der Waals surface area (Å²) in [6.07, 6.45) is -0.0387. The Morgan fingerprint density at radius 3 is 2.20 bits per heavy atom. The van der Waals surface area contributed by atoms with Gasteiger partial charge >= 0.3 is 0 Å². The minimum atomic E-state index is -3.33. The Morgan fingerprint density at radius 1 is 1.33 bits per heavy atom. The van der Waals surface area contributed by atoms with Crippen molar-refractivity contribution in [3.8, 4) is 0 Å². The van der Waals surface area contributed by atoms with E-state index < -0.39 is 20.1 Å². The molecule has 0 bridgehead atoms. The summed E-state index contributed by atoms with van der Waals surface area (Å²) in [6, 6.07) is 6.38. The third-order valence-electron chi connectivity index (χ3n) is 1.87. The fraction of sp³-hybridized carbons (Fsp3) is 0.333. The van der Waals surface area contributed by atoms with Gasteiger partial charge in [0.05, 0.1) is 0 Å². The van der Waals surface area contributed by atoms with Gasteiger partial charge in [-0.1, -0.05) is 39.7 Å². The number of alkyl halides is 1. The van der Waals surface area contributed by atoms with Crippen LogP contribution in [-0.2, 0) is 9.84 Å². The monoisotopic (exact) mass is 312 g/mol. The van der Waals surface area contributed by atoms with E-state index in [1.165, 1.54) is 0 Å². The summed E-state index contributed by atoms with van der Waals surface area (Å²) in [6.45, 7) is 0. The summed E-state index contributed by atoms with van der Waals surface area (Å²) in [7, 11) is -3.33. The number of rotatable bonds is 3. The molecule has 0 heterocycles. The first-order valence-electron chi connectivity index (χ1n) is 4.09. The van der Waals surface area contributed by atoms with Crippen molar-refractivity contribution in [3.05, 3.63) is 34.9 Å². The van der Waals surface area contributed by atoms with Gasteiger partial charge in [0.2, 0.25) is 0 Å². The Labute approximate surface area is 102 Å². The summed E-state index contributed by atoms with van der Waals surface area (Å²) in [5.41, 5.74) is 0.506. The van der Waals surface area contributed by atoms with Crippen LogP contribution in [0.4, 0.5) is 0 Å². The number of halogens is 2. The van der Waals surface area contributed by atoms with Crippen LogP contribution in [-0.4, -0.2) is 23.9 Å². The van der Waals surface area contributed by atoms with Gasteiger partial charge in [-0.2, -0.15) is 0 Å². The summed E-state index contributed by atoms with van der Waals surface area (Å²) in [4.78, 5) is 0. The number of aliphatic hydroxyl groups excluding tert-OH is 1. The van der Waals surface area contributed by atoms with Gasteiger partial charge in [-0.3, -0.25) is 0 Å². The maximum absolute atomic E-state index is 11.2. The van der Waals surface area contributed by atoms with Crippen molar-refractivity contribution >= 4 is 37.4 Å². The average molecular weight is 314 g/mol. The lowest BCUT2D eigenvalue weighted by atomic mass is 10.1. The minimum absolute atomic E-state index is 0.506. The first-order chi connectivity index (χ1) is 6.82. The fourth-order valence-corrected chi connectivity index (χ4v) is 2.10. The SMILES string of the molecule is CS(=O)(=O)[C@@H](Br)[C@@H](O)c1ccc(Cl)cc1. The molecule has 0 saturated carbocycles. The van der Waals surface area contributed by atoms with E-state index in [9.17, 15) is 13.5 Å². The molecule has 0 aliphatic carbocycles. The molecule has 1 aromatic rings. The van der Waals surface area contributed by atoms with Gasteiger partial charge in [-0.25, -0.2) is 8.42 Å². The second kappa shape index (κ2) is 4.82. The Hall–Kier alpha value is -0.100. The van der Waals surface area contributed by atoms with Gasteiger partial charge in [0.15, 0.2) is 9.84 Å². The predicted molar refractivity (Wildman–Crippen MR) is 64.0 cm³/mol. The van der Waals surface area contributed by atoms with E-state index in [0.717, 1.165) is 6.26 Å². The van der Waals surface area contributed by atoms with Gasteiger partial charge in [-0.05, 0) is 17.7 Å². The van der Waals surface area contributed by atoms with Crippen molar-refractivity contribution in [1.29, 1.82) is 0 Å². The number of hydrogen-bond donors (Lipinski definition) is 1. The minimum Gasteiger partial charge on any atom is -0.386 e. The maximum atomic E-state index is 11.2. The van der Waals surface area contributed by atoms with E-state index >= 15 is 0 Å². The first kappa shape index (κ1) is 13.0. The van der Waals surface area contributed by atoms with Crippen LogP contribution in [0.25, 0.3) is 0 Å². The molecule has 0 amide bonds. The molecule has 0 spiro atoms. The smallest absolute Gasteiger partial charge is 0.163 e. The highest BCUT2D eigenvalue weighted by atomic mass is 79.9. The van der Waals surface area contributed by atoms with E-state index in [-0.39, 0.29) is 0 Å². The molecular weight excluding hydrogens is 304 g/mol. The largest absolute Gasteiger partial charge is 0.386 e. The lowest BCUT2D eigenvalue weighted by Gasteiger charge is -2.15. The fourth-order valence-electron chi connectivity index (χ4n) is 1.05. The van der Waals surface area contributed by atoms with Crippen molar-refractivity contribution in [2.75, 3.05) is 6.26 Å². The number of benzene rings is 1. The second-order valence-corrected chi connectivity index (χ2v) is 7.37. The molecule has 1 rings (SSSR count). The third-order valence-corrected chi connectivity index (χ3v) is 5.73. The quantitative estimate of drug-likeness (QED) is 0.870. The molecule has 84 valence electrons. The van der Waals surface area contributed by atoms with Crippen LogP contribution >= 0.6 is 27.5 Å². The van der Waals surface area contributed by atoms with Crippen LogP contribution in [0.5, 0.6) is 0 Å². The summed E-state index contributed by atoms with van der Waals surface area (Å²) in [5, 5.41) is 10.3. The van der Waals surface area contributed by atoms with Crippen molar-refractivity contribution in [1.82, 2.24) is 0 Å². The second-order valence-electron chi connectivity index (χ2n) is 3.18. The Morgan fingerprint density at radius 2 is 1.80 bits per heavy atom. The molecule has 0 aliphatic heterocycles. The number of sulfone groups is 1. The number of aliphatic hydroxyl groups is 1. The molecule has 1 aromatic carbocycles. The van der Waals surface area contributed by atoms with Crippen LogP contribution in [0.15, 0.2) is 24.3 Å². The van der Waals surface area contributed by atoms with Crippen LogP contribution in [0, 0.1) is 0 Å². The predicted octanol–water partition coefficient (Wildman–Crippen LogP) is 2.14. The molecular formula is C9H10BrClO3S. The molecule has 0 aliphatic rings. The van der Waals surface area contributed by atoms with Crippen molar-refractivity contribution in [2.24, 2.45) is 0 Å². The Balaban J connectivity index is 2.95. The van der Waals surface area contributed by atoms with E-state index in [1.54, 1.807) is 24.3 Å². The third kappa shape index (κ3) is 3.45. The highest BCUT2D eigenvalue weighted by molar-refractivity contribution is 9.11. The van der Waals surface area contributed by atoms with Crippen LogP contribution in [0.2, 0.25) is 5.02 Å². The molecule has 0 radical (unpaired) electrons. The van der Waals surface area contributed by atoms with Crippen LogP contribution in [0.1, 0.15) is 11.7 Å². The van der Waals surface area contributed by atoms with Crippen molar-refractivity contribution in [2.45, 2.75) is 10.3 Å². The molecule has 1 N–H and O–H groups in total. The molecule has 3 nitrogen and oxygen atoms in total. The van der Waals surface area contributed by atoms with Gasteiger partial charge in [0.25, 0.3) is 0 Å². The maximum Gasteiger partial charge on any atom is 0.163 e. The van der Waals surface area contributed by atoms with Gasteiger partial charge in [-0.15, -0.1) is 0 Å². The van der Waals surface area contributed by atoms with Gasteiger partial charge < -0.3 is 5.11 Å². The summed E-state index contributed by atoms with van der Waals surface area (Å²) in [5.74, 6) is 0. The topological polar surface area (TPSA) is 54.4 Å². The Bertz CT molecular complexity index is 429. The molecule has 0 saturated heterocycles. The lowest BCUT2D eigenvalue weighted by molar-refractivity contribution is 0.195. The first-order valence-corrected chi connectivity index (χ1v) is 7.33. The zero-order valence-electron chi connectivity index (χ0n) is 7.89. The van der Waals surface area contributed by atoms with Gasteiger partial charge in [0.1, 0.15) is 10.3 Å². The van der Waals surface area contributed by atoms with Crippen molar-refractivity contribution < 1.29 is 13.5 Å².